The highest BCUT2D eigenvalue weighted by molar-refractivity contribution is 6.30. The number of nitrogens with zero attached hydrogens (tertiary/aromatic N) is 2. The van der Waals surface area contributed by atoms with Crippen molar-refractivity contribution in [1.82, 2.24) is 9.97 Å². The van der Waals surface area contributed by atoms with Crippen LogP contribution < -0.4 is 5.32 Å². The molecular formula is C19H24ClN3O. The smallest absolute Gasteiger partial charge is 0.137 e. The van der Waals surface area contributed by atoms with E-state index in [9.17, 15) is 5.11 Å². The summed E-state index contributed by atoms with van der Waals surface area (Å²) in [5, 5.41) is 15.7. The molecule has 4 rings (SSSR count). The van der Waals surface area contributed by atoms with E-state index in [-0.39, 0.29) is 0 Å². The van der Waals surface area contributed by atoms with Crippen LogP contribution in [0.3, 0.4) is 0 Å². The van der Waals surface area contributed by atoms with Crippen molar-refractivity contribution in [1.29, 1.82) is 0 Å². The average molecular weight is 346 g/mol. The van der Waals surface area contributed by atoms with E-state index in [0.29, 0.717) is 28.9 Å². The second-order valence-corrected chi connectivity index (χ2v) is 8.40. The third-order valence-corrected chi connectivity index (χ3v) is 5.96. The van der Waals surface area contributed by atoms with Crippen molar-refractivity contribution in [3.63, 3.8) is 0 Å². The number of aromatic nitrogens is 2. The molecule has 0 saturated heterocycles. The number of anilines is 1. The van der Waals surface area contributed by atoms with Gasteiger partial charge in [0, 0.05) is 23.7 Å². The molecule has 0 spiro atoms. The first-order chi connectivity index (χ1) is 11.4. The van der Waals surface area contributed by atoms with Crippen molar-refractivity contribution in [2.45, 2.75) is 51.2 Å². The van der Waals surface area contributed by atoms with Crippen LogP contribution in [0.5, 0.6) is 0 Å². The summed E-state index contributed by atoms with van der Waals surface area (Å²) < 4.78 is 0. The molecule has 2 fully saturated rings. The van der Waals surface area contributed by atoms with Crippen molar-refractivity contribution in [2.75, 3.05) is 5.32 Å². The van der Waals surface area contributed by atoms with Crippen LogP contribution in [0, 0.1) is 17.8 Å². The fourth-order valence-corrected chi connectivity index (χ4v) is 5.22. The number of hydrogen-bond donors (Lipinski definition) is 2. The number of rotatable bonds is 2. The maximum absolute atomic E-state index is 10.6. The first-order valence-electron chi connectivity index (χ1n) is 8.81. The highest BCUT2D eigenvalue weighted by Crippen LogP contribution is 2.47. The summed E-state index contributed by atoms with van der Waals surface area (Å²) >= 11 is 6.20. The van der Waals surface area contributed by atoms with Crippen LogP contribution in [0.15, 0.2) is 24.4 Å². The Morgan fingerprint density at radius 2 is 2.17 bits per heavy atom. The van der Waals surface area contributed by atoms with Crippen molar-refractivity contribution in [2.24, 2.45) is 17.8 Å². The van der Waals surface area contributed by atoms with Crippen molar-refractivity contribution < 1.29 is 5.11 Å². The van der Waals surface area contributed by atoms with E-state index in [4.69, 9.17) is 11.6 Å². The minimum absolute atomic E-state index is 0.308. The van der Waals surface area contributed by atoms with Crippen LogP contribution in [0.1, 0.15) is 39.5 Å². The minimum Gasteiger partial charge on any atom is -0.390 e. The Labute approximate surface area is 147 Å². The Kier molecular flexibility index (Phi) is 3.92. The third kappa shape index (κ3) is 2.98. The number of halogens is 1. The minimum atomic E-state index is -0.543. The fourth-order valence-electron chi connectivity index (χ4n) is 5.03. The van der Waals surface area contributed by atoms with Crippen molar-refractivity contribution >= 4 is 28.3 Å². The first-order valence-corrected chi connectivity index (χ1v) is 9.19. The molecule has 2 aliphatic carbocycles. The van der Waals surface area contributed by atoms with Crippen LogP contribution in [0.4, 0.5) is 5.82 Å². The van der Waals surface area contributed by atoms with Gasteiger partial charge >= 0.3 is 0 Å². The predicted molar refractivity (Wildman–Crippen MR) is 97.2 cm³/mol. The fraction of sp³-hybridized carbons (Fsp3) is 0.579. The molecule has 5 heteroatoms. The van der Waals surface area contributed by atoms with Crippen LogP contribution >= 0.6 is 11.6 Å². The highest BCUT2D eigenvalue weighted by atomic mass is 35.5. The van der Waals surface area contributed by atoms with Crippen LogP contribution in [0.25, 0.3) is 10.9 Å². The zero-order valence-corrected chi connectivity index (χ0v) is 14.9. The Morgan fingerprint density at radius 3 is 3.00 bits per heavy atom. The molecule has 2 saturated carbocycles. The lowest BCUT2D eigenvalue weighted by molar-refractivity contribution is -0.0501. The van der Waals surface area contributed by atoms with E-state index in [1.165, 1.54) is 6.42 Å². The van der Waals surface area contributed by atoms with E-state index in [0.717, 1.165) is 36.0 Å². The number of hydrogen-bond acceptors (Lipinski definition) is 4. The lowest BCUT2D eigenvalue weighted by atomic mass is 9.61. The summed E-state index contributed by atoms with van der Waals surface area (Å²) in [6.45, 7) is 4.29. The van der Waals surface area contributed by atoms with Crippen LogP contribution in [-0.4, -0.2) is 26.7 Å². The normalized spacial score (nSPS) is 35.8. The van der Waals surface area contributed by atoms with Crippen LogP contribution in [0.2, 0.25) is 5.15 Å². The van der Waals surface area contributed by atoms with Gasteiger partial charge in [-0.05, 0) is 62.5 Å². The molecule has 0 aliphatic heterocycles. The molecule has 128 valence electrons. The van der Waals surface area contributed by atoms with Gasteiger partial charge in [0.2, 0.25) is 0 Å². The second-order valence-electron chi connectivity index (χ2n) is 8.01. The Balaban J connectivity index is 1.67. The lowest BCUT2D eigenvalue weighted by Gasteiger charge is -2.49. The standard InChI is InChI=1S/C19H24ClN3O/c1-11-6-12-7-13(10-19(2,24)9-12)17(11)23-18-14-4-3-5-21-15(14)8-16(20)22-18/h3-5,8,11-13,17,24H,6-7,9-10H2,1-2H3,(H,22,23). The SMILES string of the molecule is CC1CC2CC(CC(C)(O)C2)C1Nc1nc(Cl)cc2ncccc12. The monoisotopic (exact) mass is 345 g/mol. The zero-order chi connectivity index (χ0) is 16.9. The second kappa shape index (κ2) is 5.85. The van der Waals surface area contributed by atoms with Gasteiger partial charge in [-0.25, -0.2) is 4.98 Å². The first kappa shape index (κ1) is 16.1. The molecular weight excluding hydrogens is 322 g/mol. The predicted octanol–water partition coefficient (Wildman–Crippen LogP) is 4.27. The molecule has 4 nitrogen and oxygen atoms in total. The van der Waals surface area contributed by atoms with E-state index >= 15 is 0 Å². The molecule has 2 N–H and O–H groups in total. The van der Waals surface area contributed by atoms with Crippen LogP contribution in [-0.2, 0) is 0 Å². The van der Waals surface area contributed by atoms with Gasteiger partial charge in [0.25, 0.3) is 0 Å². The van der Waals surface area contributed by atoms with Crippen molar-refractivity contribution in [3.05, 3.63) is 29.5 Å². The Hall–Kier alpha value is -1.39. The Morgan fingerprint density at radius 1 is 1.33 bits per heavy atom. The Bertz CT molecular complexity index is 761. The largest absolute Gasteiger partial charge is 0.390 e. The van der Waals surface area contributed by atoms with E-state index in [1.54, 1.807) is 12.3 Å². The van der Waals surface area contributed by atoms with E-state index in [1.807, 2.05) is 19.1 Å². The maximum Gasteiger partial charge on any atom is 0.137 e. The zero-order valence-electron chi connectivity index (χ0n) is 14.2. The number of aliphatic hydroxyl groups is 1. The average Bonchev–Trinajstić information content (AvgIpc) is 2.49. The summed E-state index contributed by atoms with van der Waals surface area (Å²) in [6, 6.07) is 6.06. The van der Waals surface area contributed by atoms with Gasteiger partial charge in [-0.3, -0.25) is 4.98 Å². The summed E-state index contributed by atoms with van der Waals surface area (Å²) in [6.07, 6.45) is 5.90. The molecule has 5 unspecified atom stereocenters. The molecule has 0 amide bonds. The van der Waals surface area contributed by atoms with Gasteiger partial charge in [0.05, 0.1) is 11.1 Å². The van der Waals surface area contributed by atoms with E-state index in [2.05, 4.69) is 22.2 Å². The summed E-state index contributed by atoms with van der Waals surface area (Å²) in [5.41, 5.74) is 0.316. The maximum atomic E-state index is 10.6. The number of fused-ring (bicyclic) bond motifs is 3. The summed E-state index contributed by atoms with van der Waals surface area (Å²) in [7, 11) is 0. The van der Waals surface area contributed by atoms with Gasteiger partial charge in [0.15, 0.2) is 0 Å². The number of pyridine rings is 2. The molecule has 0 aromatic carbocycles. The molecule has 2 bridgehead atoms. The summed E-state index contributed by atoms with van der Waals surface area (Å²) in [4.78, 5) is 8.92. The lowest BCUT2D eigenvalue weighted by Crippen LogP contribution is -2.50. The highest BCUT2D eigenvalue weighted by Gasteiger charge is 2.45. The molecule has 2 heterocycles. The quantitative estimate of drug-likeness (QED) is 0.798. The molecule has 0 radical (unpaired) electrons. The number of nitrogens with one attached hydrogen (secondary N) is 1. The topological polar surface area (TPSA) is 58.0 Å². The van der Waals surface area contributed by atoms with E-state index < -0.39 is 5.60 Å². The van der Waals surface area contributed by atoms with Gasteiger partial charge in [-0.2, -0.15) is 0 Å². The van der Waals surface area contributed by atoms with Crippen molar-refractivity contribution in [3.8, 4) is 0 Å². The molecule has 5 atom stereocenters. The molecule has 2 aromatic heterocycles. The third-order valence-electron chi connectivity index (χ3n) is 5.76. The molecule has 24 heavy (non-hydrogen) atoms. The van der Waals surface area contributed by atoms with Gasteiger partial charge in [0.1, 0.15) is 11.0 Å². The van der Waals surface area contributed by atoms with Gasteiger partial charge < -0.3 is 10.4 Å². The van der Waals surface area contributed by atoms with Gasteiger partial charge in [-0.15, -0.1) is 0 Å². The summed E-state index contributed by atoms with van der Waals surface area (Å²) in [5.74, 6) is 2.47. The molecule has 2 aromatic rings. The van der Waals surface area contributed by atoms with Gasteiger partial charge in [-0.1, -0.05) is 18.5 Å². The molecule has 2 aliphatic rings.